The van der Waals surface area contributed by atoms with Crippen LogP contribution in [-0.2, 0) is 19.4 Å². The van der Waals surface area contributed by atoms with E-state index in [0.717, 1.165) is 30.3 Å². The molecule has 4 rings (SSSR count). The zero-order valence-electron chi connectivity index (χ0n) is 17.6. The lowest BCUT2D eigenvalue weighted by Gasteiger charge is -2.18. The highest BCUT2D eigenvalue weighted by atomic mass is 16.4. The Labute approximate surface area is 173 Å². The van der Waals surface area contributed by atoms with E-state index >= 15 is 0 Å². The van der Waals surface area contributed by atoms with Crippen molar-refractivity contribution in [2.45, 2.75) is 65.3 Å². The number of fused-ring (bicyclic) bond motifs is 3. The molecule has 1 unspecified atom stereocenters. The molecule has 0 saturated heterocycles. The molecule has 3 aromatic rings. The minimum Gasteiger partial charge on any atom is -0.478 e. The summed E-state index contributed by atoms with van der Waals surface area (Å²) in [5.74, 6) is -0.138. The van der Waals surface area contributed by atoms with E-state index in [9.17, 15) is 9.90 Å². The van der Waals surface area contributed by atoms with Crippen molar-refractivity contribution in [1.82, 2.24) is 4.57 Å². The third kappa shape index (κ3) is 3.96. The van der Waals surface area contributed by atoms with Gasteiger partial charge in [-0.15, -0.1) is 0 Å². The van der Waals surface area contributed by atoms with Crippen molar-refractivity contribution in [3.8, 4) is 0 Å². The number of carboxylic acid groups (broad SMARTS) is 1. The molecule has 2 aromatic carbocycles. The molecule has 1 heterocycles. The minimum absolute atomic E-state index is 0.424. The minimum atomic E-state index is -0.837. The Balaban J connectivity index is 1.88. The molecule has 0 spiro atoms. The number of nitrogens with zero attached hydrogens (tertiary/aromatic N) is 1. The van der Waals surface area contributed by atoms with E-state index in [4.69, 9.17) is 0 Å². The van der Waals surface area contributed by atoms with Crippen molar-refractivity contribution < 1.29 is 9.90 Å². The van der Waals surface area contributed by atoms with E-state index in [1.807, 2.05) is 6.07 Å². The van der Waals surface area contributed by atoms with Crippen LogP contribution in [0.5, 0.6) is 0 Å². The number of unbranched alkanes of at least 4 members (excludes halogenated alkanes) is 1. The van der Waals surface area contributed by atoms with E-state index in [1.54, 1.807) is 6.07 Å². The van der Waals surface area contributed by atoms with E-state index in [2.05, 4.69) is 48.7 Å². The monoisotopic (exact) mass is 389 g/mol. The van der Waals surface area contributed by atoms with Crippen LogP contribution in [0.3, 0.4) is 0 Å². The van der Waals surface area contributed by atoms with Crippen molar-refractivity contribution >= 4 is 16.9 Å². The van der Waals surface area contributed by atoms with Gasteiger partial charge >= 0.3 is 5.97 Å². The van der Waals surface area contributed by atoms with E-state index in [0.29, 0.717) is 11.5 Å². The molecule has 0 bridgehead atoms. The number of aromatic carboxylic acids is 1. The second-order valence-electron chi connectivity index (χ2n) is 8.61. The van der Waals surface area contributed by atoms with Crippen LogP contribution in [0.1, 0.15) is 71.8 Å². The number of hydrogen-bond acceptors (Lipinski definition) is 1. The summed E-state index contributed by atoms with van der Waals surface area (Å²) in [4.78, 5) is 12.0. The standard InChI is InChI=1S/C26H31NO2/c1-3-4-9-19-10-6-12-21-22-13-7-14-23(26(28)29)25(22)27(24(21)16-19)17-20-11-5-8-18(2)15-20/h5,7-8,11,13-15,19H,3-4,6,9-10,12,16-17H2,1-2H3,(H,28,29). The quantitative estimate of drug-likeness (QED) is 0.497. The number of aromatic nitrogens is 1. The second-order valence-corrected chi connectivity index (χ2v) is 8.61. The summed E-state index contributed by atoms with van der Waals surface area (Å²) in [6.07, 6.45) is 8.37. The number of aryl methyl sites for hydroxylation is 2. The molecule has 3 heteroatoms. The van der Waals surface area contributed by atoms with Gasteiger partial charge in [-0.05, 0) is 55.7 Å². The summed E-state index contributed by atoms with van der Waals surface area (Å²) in [6, 6.07) is 14.4. The SMILES string of the molecule is CCCCC1CCCc2c(n(Cc3cccc(C)c3)c3c(C(=O)O)cccc23)C1. The third-order valence-electron chi connectivity index (χ3n) is 6.45. The number of carboxylic acids is 1. The first-order valence-corrected chi connectivity index (χ1v) is 11.0. The Bertz CT molecular complexity index is 1030. The third-order valence-corrected chi connectivity index (χ3v) is 6.45. The van der Waals surface area contributed by atoms with Crippen LogP contribution in [0.25, 0.3) is 10.9 Å². The number of benzene rings is 2. The predicted molar refractivity (Wildman–Crippen MR) is 119 cm³/mol. The van der Waals surface area contributed by atoms with Gasteiger partial charge in [0.1, 0.15) is 0 Å². The number of carbonyl (C=O) groups is 1. The lowest BCUT2D eigenvalue weighted by atomic mass is 9.94. The smallest absolute Gasteiger partial charge is 0.337 e. The van der Waals surface area contributed by atoms with E-state index in [-0.39, 0.29) is 0 Å². The molecular formula is C26H31NO2. The molecule has 0 amide bonds. The first kappa shape index (κ1) is 19.8. The second kappa shape index (κ2) is 8.44. The molecule has 1 N–H and O–H groups in total. The maximum atomic E-state index is 12.0. The highest BCUT2D eigenvalue weighted by Gasteiger charge is 2.26. The lowest BCUT2D eigenvalue weighted by molar-refractivity contribution is 0.0698. The maximum Gasteiger partial charge on any atom is 0.337 e. The van der Waals surface area contributed by atoms with Gasteiger partial charge in [-0.1, -0.05) is 68.1 Å². The topological polar surface area (TPSA) is 42.2 Å². The molecule has 0 saturated carbocycles. The number of rotatable bonds is 6. The molecule has 0 radical (unpaired) electrons. The molecule has 1 atom stereocenters. The predicted octanol–water partition coefficient (Wildman–Crippen LogP) is 6.38. The zero-order chi connectivity index (χ0) is 20.4. The van der Waals surface area contributed by atoms with E-state index in [1.165, 1.54) is 54.5 Å². The molecule has 3 nitrogen and oxygen atoms in total. The Morgan fingerprint density at radius 2 is 2.03 bits per heavy atom. The van der Waals surface area contributed by atoms with Crippen LogP contribution in [0.15, 0.2) is 42.5 Å². The molecule has 152 valence electrons. The van der Waals surface area contributed by atoms with Crippen LogP contribution in [0.4, 0.5) is 0 Å². The molecule has 1 aliphatic rings. The van der Waals surface area contributed by atoms with Gasteiger partial charge in [0.2, 0.25) is 0 Å². The van der Waals surface area contributed by atoms with Gasteiger partial charge in [0.25, 0.3) is 0 Å². The van der Waals surface area contributed by atoms with Gasteiger partial charge in [0.05, 0.1) is 11.1 Å². The van der Waals surface area contributed by atoms with Gasteiger partial charge < -0.3 is 9.67 Å². The van der Waals surface area contributed by atoms with Crippen molar-refractivity contribution in [2.24, 2.45) is 5.92 Å². The molecule has 0 aliphatic heterocycles. The van der Waals surface area contributed by atoms with Crippen LogP contribution >= 0.6 is 0 Å². The fraction of sp³-hybridized carbons (Fsp3) is 0.423. The average Bonchev–Trinajstić information content (AvgIpc) is 2.86. The summed E-state index contributed by atoms with van der Waals surface area (Å²) in [5, 5.41) is 11.0. The van der Waals surface area contributed by atoms with Crippen molar-refractivity contribution in [3.05, 3.63) is 70.4 Å². The molecule has 29 heavy (non-hydrogen) atoms. The molecular weight excluding hydrogens is 358 g/mol. The maximum absolute atomic E-state index is 12.0. The Hall–Kier alpha value is -2.55. The van der Waals surface area contributed by atoms with E-state index < -0.39 is 5.97 Å². The normalized spacial score (nSPS) is 16.6. The van der Waals surface area contributed by atoms with Crippen LogP contribution in [-0.4, -0.2) is 15.6 Å². The van der Waals surface area contributed by atoms with Gasteiger partial charge in [-0.2, -0.15) is 0 Å². The first-order chi connectivity index (χ1) is 14.1. The van der Waals surface area contributed by atoms with Gasteiger partial charge in [0.15, 0.2) is 0 Å². The fourth-order valence-corrected chi connectivity index (χ4v) is 5.07. The van der Waals surface area contributed by atoms with Crippen molar-refractivity contribution in [1.29, 1.82) is 0 Å². The molecule has 1 aromatic heterocycles. The number of para-hydroxylation sites is 1. The van der Waals surface area contributed by atoms with Crippen LogP contribution in [0, 0.1) is 12.8 Å². The zero-order valence-corrected chi connectivity index (χ0v) is 17.6. The molecule has 0 fully saturated rings. The summed E-state index contributed by atoms with van der Waals surface area (Å²) >= 11 is 0. The highest BCUT2D eigenvalue weighted by Crippen LogP contribution is 2.36. The fourth-order valence-electron chi connectivity index (χ4n) is 5.07. The van der Waals surface area contributed by atoms with Gasteiger partial charge in [-0.25, -0.2) is 4.79 Å². The summed E-state index contributed by atoms with van der Waals surface area (Å²) in [5.41, 5.74) is 6.56. The average molecular weight is 390 g/mol. The first-order valence-electron chi connectivity index (χ1n) is 11.0. The van der Waals surface area contributed by atoms with Gasteiger partial charge in [-0.3, -0.25) is 0 Å². The Kier molecular flexibility index (Phi) is 5.75. The Morgan fingerprint density at radius 3 is 2.79 bits per heavy atom. The summed E-state index contributed by atoms with van der Waals surface area (Å²) in [7, 11) is 0. The van der Waals surface area contributed by atoms with Crippen molar-refractivity contribution in [2.75, 3.05) is 0 Å². The van der Waals surface area contributed by atoms with Crippen molar-refractivity contribution in [3.63, 3.8) is 0 Å². The van der Waals surface area contributed by atoms with Gasteiger partial charge in [0, 0.05) is 17.6 Å². The summed E-state index contributed by atoms with van der Waals surface area (Å²) in [6.45, 7) is 5.11. The highest BCUT2D eigenvalue weighted by molar-refractivity contribution is 6.04. The largest absolute Gasteiger partial charge is 0.478 e. The molecule has 1 aliphatic carbocycles. The van der Waals surface area contributed by atoms with Crippen LogP contribution < -0.4 is 0 Å². The Morgan fingerprint density at radius 1 is 1.21 bits per heavy atom. The lowest BCUT2D eigenvalue weighted by Crippen LogP contribution is -2.12. The summed E-state index contributed by atoms with van der Waals surface area (Å²) < 4.78 is 2.33. The van der Waals surface area contributed by atoms with Crippen LogP contribution in [0.2, 0.25) is 0 Å². The number of hydrogen-bond donors (Lipinski definition) is 1.